The minimum absolute atomic E-state index is 0.229. The first-order chi connectivity index (χ1) is 24.1. The van der Waals surface area contributed by atoms with Crippen molar-refractivity contribution < 1.29 is 24.1 Å². The van der Waals surface area contributed by atoms with Gasteiger partial charge in [0.2, 0.25) is 0 Å². The van der Waals surface area contributed by atoms with Crippen molar-refractivity contribution >= 4 is 51.0 Å². The van der Waals surface area contributed by atoms with Gasteiger partial charge in [-0.2, -0.15) is 22.0 Å². The molecule has 7 rings (SSSR count). The van der Waals surface area contributed by atoms with Crippen LogP contribution in [0, 0.1) is 12.7 Å². The number of fused-ring (bicyclic) bond motifs is 11. The number of carboxylic acid groups (broad SMARTS) is 1. The van der Waals surface area contributed by atoms with E-state index in [-0.39, 0.29) is 18.1 Å². The third-order valence-corrected chi connectivity index (χ3v) is 11.1. The fraction of sp³-hybridized carbons (Fsp3) is 0.342. The van der Waals surface area contributed by atoms with E-state index in [9.17, 15) is 19.4 Å². The Morgan fingerprint density at radius 1 is 1.00 bits per heavy atom. The number of carboxylic acids is 1. The maximum absolute atomic E-state index is 14.3. The summed E-state index contributed by atoms with van der Waals surface area (Å²) in [4.78, 5) is 13.1. The predicted molar refractivity (Wildman–Crippen MR) is 196 cm³/mol. The molecular weight excluding hydrogens is 677 g/mol. The molecule has 1 aliphatic heterocycles. The lowest BCUT2D eigenvalue weighted by molar-refractivity contribution is 0.0684. The molecule has 260 valence electrons. The van der Waals surface area contributed by atoms with Crippen molar-refractivity contribution in [2.45, 2.75) is 57.9 Å². The first-order valence-corrected chi connectivity index (χ1v) is 18.3. The molecule has 2 N–H and O–H groups in total. The van der Waals surface area contributed by atoms with E-state index in [1.807, 2.05) is 48.5 Å². The fourth-order valence-corrected chi connectivity index (χ4v) is 8.35. The average molecular weight is 716 g/mol. The zero-order valence-electron chi connectivity index (χ0n) is 28.3. The summed E-state index contributed by atoms with van der Waals surface area (Å²) in [5.41, 5.74) is 7.50. The van der Waals surface area contributed by atoms with E-state index < -0.39 is 5.97 Å². The number of hydrogen-bond donors (Lipinski definition) is 2. The first-order valence-electron chi connectivity index (χ1n) is 16.8. The molecule has 12 heteroatoms. The van der Waals surface area contributed by atoms with Crippen LogP contribution in [-0.2, 0) is 52.3 Å². The van der Waals surface area contributed by atoms with E-state index in [0.717, 1.165) is 75.1 Å². The van der Waals surface area contributed by atoms with E-state index in [4.69, 9.17) is 21.4 Å². The SMILES string of the molecule is Cc1c(-c2c(Cl)ccc3c4c(C(=O)O)n(c23)CCCSCc2cc(n(C)n2)CCc2cc(c3ccc(F)cc3c2)OCCC4)c(CO)nn1C. The summed E-state index contributed by atoms with van der Waals surface area (Å²) in [6.07, 6.45) is 3.25. The number of nitrogens with zero attached hydrogens (tertiary/aromatic N) is 5. The maximum atomic E-state index is 14.3. The minimum Gasteiger partial charge on any atom is -0.493 e. The Morgan fingerprint density at radius 2 is 1.82 bits per heavy atom. The zero-order chi connectivity index (χ0) is 35.1. The molecule has 1 aliphatic rings. The van der Waals surface area contributed by atoms with Crippen LogP contribution in [0.15, 0.2) is 48.5 Å². The number of thioether (sulfide) groups is 1. The van der Waals surface area contributed by atoms with Gasteiger partial charge in [-0.3, -0.25) is 9.36 Å². The fourth-order valence-electron chi connectivity index (χ4n) is 7.27. The maximum Gasteiger partial charge on any atom is 0.352 e. The summed E-state index contributed by atoms with van der Waals surface area (Å²) in [5, 5.41) is 33.2. The number of aryl methyl sites for hydroxylation is 6. The van der Waals surface area contributed by atoms with Crippen molar-refractivity contribution in [2.75, 3.05) is 12.4 Å². The van der Waals surface area contributed by atoms with E-state index in [1.54, 1.807) is 28.6 Å². The lowest BCUT2D eigenvalue weighted by Gasteiger charge is -2.14. The molecule has 3 aromatic heterocycles. The van der Waals surface area contributed by atoms with Gasteiger partial charge in [-0.05, 0) is 97.7 Å². The van der Waals surface area contributed by atoms with Crippen LogP contribution in [0.1, 0.15) is 57.2 Å². The Hall–Kier alpha value is -4.32. The van der Waals surface area contributed by atoms with Crippen molar-refractivity contribution in [2.24, 2.45) is 14.1 Å². The largest absolute Gasteiger partial charge is 0.493 e. The minimum atomic E-state index is -1.01. The van der Waals surface area contributed by atoms with Crippen molar-refractivity contribution in [3.05, 3.63) is 99.0 Å². The Labute approximate surface area is 298 Å². The van der Waals surface area contributed by atoms with Crippen LogP contribution in [-0.4, -0.2) is 52.7 Å². The predicted octanol–water partition coefficient (Wildman–Crippen LogP) is 7.65. The Bertz CT molecular complexity index is 2260. The van der Waals surface area contributed by atoms with Crippen LogP contribution in [0.3, 0.4) is 0 Å². The number of rotatable bonds is 3. The van der Waals surface area contributed by atoms with Gasteiger partial charge in [-0.15, -0.1) is 0 Å². The van der Waals surface area contributed by atoms with Crippen molar-refractivity contribution in [1.82, 2.24) is 24.1 Å². The second-order valence-electron chi connectivity index (χ2n) is 12.9. The first kappa shape index (κ1) is 34.1. The molecule has 0 spiro atoms. The molecule has 6 aromatic rings. The van der Waals surface area contributed by atoms with E-state index in [2.05, 4.69) is 11.2 Å². The lowest BCUT2D eigenvalue weighted by atomic mass is 9.98. The van der Waals surface area contributed by atoms with E-state index in [1.165, 1.54) is 12.1 Å². The van der Waals surface area contributed by atoms with Gasteiger partial charge in [0, 0.05) is 59.7 Å². The number of ether oxygens (including phenoxy) is 1. The number of halogens is 2. The van der Waals surface area contributed by atoms with Crippen LogP contribution >= 0.6 is 23.4 Å². The molecule has 50 heavy (non-hydrogen) atoms. The molecule has 0 amide bonds. The molecule has 0 aliphatic carbocycles. The highest BCUT2D eigenvalue weighted by molar-refractivity contribution is 7.98. The summed E-state index contributed by atoms with van der Waals surface area (Å²) in [6, 6.07) is 14.6. The second-order valence-corrected chi connectivity index (χ2v) is 14.4. The number of carbonyl (C=O) groups is 1. The van der Waals surface area contributed by atoms with Gasteiger partial charge in [-0.25, -0.2) is 9.18 Å². The Balaban J connectivity index is 1.34. The third-order valence-electron chi connectivity index (χ3n) is 9.67. The highest BCUT2D eigenvalue weighted by Crippen LogP contribution is 2.42. The van der Waals surface area contributed by atoms with Gasteiger partial charge >= 0.3 is 5.97 Å². The summed E-state index contributed by atoms with van der Waals surface area (Å²) in [7, 11) is 3.78. The number of aliphatic hydroxyl groups is 1. The Morgan fingerprint density at radius 3 is 2.62 bits per heavy atom. The molecule has 0 atom stereocenters. The lowest BCUT2D eigenvalue weighted by Crippen LogP contribution is -2.12. The summed E-state index contributed by atoms with van der Waals surface area (Å²) in [5.74, 6) is 0.888. The average Bonchev–Trinajstić information content (AvgIpc) is 3.70. The van der Waals surface area contributed by atoms with Gasteiger partial charge < -0.3 is 19.5 Å². The number of aliphatic hydroxyl groups excluding tert-OH is 1. The van der Waals surface area contributed by atoms with Gasteiger partial charge in [-0.1, -0.05) is 23.7 Å². The van der Waals surface area contributed by atoms with Crippen LogP contribution in [0.5, 0.6) is 5.75 Å². The molecular formula is C38H39ClFN5O4S. The highest BCUT2D eigenvalue weighted by Gasteiger charge is 2.28. The summed E-state index contributed by atoms with van der Waals surface area (Å²) in [6.45, 7) is 2.44. The van der Waals surface area contributed by atoms with Crippen LogP contribution in [0.25, 0.3) is 32.8 Å². The number of hydrogen-bond acceptors (Lipinski definition) is 6. The van der Waals surface area contributed by atoms with Crippen molar-refractivity contribution in [3.8, 4) is 16.9 Å². The summed E-state index contributed by atoms with van der Waals surface area (Å²) < 4.78 is 26.3. The number of aromatic carboxylic acids is 1. The molecule has 0 saturated carbocycles. The Kier molecular flexibility index (Phi) is 9.65. The normalized spacial score (nSPS) is 14.6. The number of benzene rings is 3. The molecule has 3 aromatic carbocycles. The molecule has 4 heterocycles. The molecule has 0 unspecified atom stereocenters. The standard InChI is InChI=1S/C38H39ClFN5O4S/c1-22-34(32(20-46)42-43(22)2)35-31(39)12-11-30-29-6-4-14-49-33-17-23(16-24-18-25(40)8-10-28(24)33)7-9-27-19-26(41-44(27)3)21-50-15-5-13-45(36(30)35)37(29)38(47)48/h8,10-12,16-19,46H,4-7,9,13-15,20-21H2,1-3H3,(H,47,48). The van der Waals surface area contributed by atoms with E-state index in [0.29, 0.717) is 59.1 Å². The quantitative estimate of drug-likeness (QED) is 0.194. The van der Waals surface area contributed by atoms with Crippen molar-refractivity contribution in [3.63, 3.8) is 0 Å². The second kappa shape index (κ2) is 14.1. The van der Waals surface area contributed by atoms with Crippen LogP contribution in [0.2, 0.25) is 5.02 Å². The molecule has 0 saturated heterocycles. The highest BCUT2D eigenvalue weighted by atomic mass is 35.5. The van der Waals surface area contributed by atoms with Gasteiger partial charge in [0.05, 0.1) is 35.1 Å². The smallest absolute Gasteiger partial charge is 0.352 e. The van der Waals surface area contributed by atoms with Crippen LogP contribution in [0.4, 0.5) is 4.39 Å². The number of aromatic nitrogens is 5. The van der Waals surface area contributed by atoms with Gasteiger partial charge in [0.25, 0.3) is 0 Å². The molecule has 6 bridgehead atoms. The van der Waals surface area contributed by atoms with Gasteiger partial charge in [0.15, 0.2) is 0 Å². The molecule has 9 nitrogen and oxygen atoms in total. The van der Waals surface area contributed by atoms with Crippen molar-refractivity contribution in [1.29, 1.82) is 0 Å². The topological polar surface area (TPSA) is 107 Å². The van der Waals surface area contributed by atoms with Crippen LogP contribution < -0.4 is 4.74 Å². The van der Waals surface area contributed by atoms with Gasteiger partial charge in [0.1, 0.15) is 17.3 Å². The third kappa shape index (κ3) is 6.38. The zero-order valence-corrected chi connectivity index (χ0v) is 29.9. The monoisotopic (exact) mass is 715 g/mol. The molecule has 0 fully saturated rings. The van der Waals surface area contributed by atoms with E-state index >= 15 is 0 Å². The summed E-state index contributed by atoms with van der Waals surface area (Å²) >= 11 is 8.73. The molecule has 0 radical (unpaired) electrons.